The minimum atomic E-state index is -0.459. The van der Waals surface area contributed by atoms with Gasteiger partial charge in [-0.3, -0.25) is 0 Å². The molecule has 1 atom stereocenters. The minimum absolute atomic E-state index is 0.232. The lowest BCUT2D eigenvalue weighted by atomic mass is 9.95. The molecular weight excluding hydrogens is 540 g/mol. The Morgan fingerprint density at radius 2 is 2.00 bits per heavy atom. The summed E-state index contributed by atoms with van der Waals surface area (Å²) in [6.07, 6.45) is 1.98. The van der Waals surface area contributed by atoms with Gasteiger partial charge in [-0.1, -0.05) is 65.3 Å². The normalized spacial score (nSPS) is 15.0. The van der Waals surface area contributed by atoms with Crippen molar-refractivity contribution in [3.8, 4) is 5.75 Å². The second kappa shape index (κ2) is 12.0. The van der Waals surface area contributed by atoms with Crippen LogP contribution in [0.2, 0.25) is 0 Å². The molecule has 36 heavy (non-hydrogen) atoms. The number of nitrogens with one attached hydrogen (secondary N) is 1. The number of anilines is 1. The molecule has 1 unspecified atom stereocenters. The summed E-state index contributed by atoms with van der Waals surface area (Å²) in [5.74, 6) is 1.95. The smallest absolute Gasteiger partial charge is 0.338 e. The number of halogens is 1. The number of rotatable bonds is 10. The van der Waals surface area contributed by atoms with E-state index in [4.69, 9.17) is 14.6 Å². The van der Waals surface area contributed by atoms with Crippen LogP contribution in [-0.4, -0.2) is 32.6 Å². The average Bonchev–Trinajstić information content (AvgIpc) is 3.24. The summed E-state index contributed by atoms with van der Waals surface area (Å²) < 4.78 is 14.4. The number of unbranched alkanes of at least 4 members (excludes halogenated alkanes) is 1. The van der Waals surface area contributed by atoms with Crippen molar-refractivity contribution in [3.05, 3.63) is 75.4 Å². The Kier molecular flexibility index (Phi) is 8.74. The van der Waals surface area contributed by atoms with Gasteiger partial charge in [-0.2, -0.15) is 4.98 Å². The molecule has 0 aliphatic carbocycles. The molecule has 2 heterocycles. The number of hydrogen-bond donors (Lipinski definition) is 1. The van der Waals surface area contributed by atoms with Crippen LogP contribution in [0, 0.1) is 0 Å². The third kappa shape index (κ3) is 6.31. The van der Waals surface area contributed by atoms with Crippen LogP contribution in [-0.2, 0) is 16.1 Å². The molecule has 190 valence electrons. The molecule has 0 bridgehead atoms. The summed E-state index contributed by atoms with van der Waals surface area (Å²) in [5, 5.41) is 8.71. The van der Waals surface area contributed by atoms with Crippen molar-refractivity contribution >= 4 is 39.6 Å². The lowest BCUT2D eigenvalue weighted by Crippen LogP contribution is -2.30. The van der Waals surface area contributed by atoms with Gasteiger partial charge in [0, 0.05) is 15.9 Å². The van der Waals surface area contributed by atoms with Gasteiger partial charge in [0.05, 0.1) is 11.7 Å². The van der Waals surface area contributed by atoms with Crippen molar-refractivity contribution in [2.75, 3.05) is 11.1 Å². The summed E-state index contributed by atoms with van der Waals surface area (Å²) in [4.78, 5) is 17.8. The van der Waals surface area contributed by atoms with E-state index in [2.05, 4.69) is 33.2 Å². The van der Waals surface area contributed by atoms with Crippen molar-refractivity contribution in [2.24, 2.45) is 0 Å². The van der Waals surface area contributed by atoms with Gasteiger partial charge in [0.25, 0.3) is 0 Å². The maximum atomic E-state index is 13.2. The molecule has 1 N–H and O–H groups in total. The number of carbonyl (C=O) groups is 1. The van der Waals surface area contributed by atoms with E-state index in [1.807, 2.05) is 69.3 Å². The molecule has 0 saturated carbocycles. The Morgan fingerprint density at radius 3 is 2.69 bits per heavy atom. The number of allylic oxidation sites excluding steroid dienone is 1. The molecule has 0 fully saturated rings. The molecule has 7 nitrogen and oxygen atoms in total. The van der Waals surface area contributed by atoms with Crippen molar-refractivity contribution < 1.29 is 14.3 Å². The highest BCUT2D eigenvalue weighted by Gasteiger charge is 2.35. The fourth-order valence-electron chi connectivity index (χ4n) is 3.89. The zero-order valence-corrected chi connectivity index (χ0v) is 23.4. The number of fused-ring (bicyclic) bond motifs is 1. The number of ether oxygens (including phenoxy) is 2. The molecule has 1 aromatic heterocycles. The molecule has 0 radical (unpaired) electrons. The highest BCUT2D eigenvalue weighted by Crippen LogP contribution is 2.37. The van der Waals surface area contributed by atoms with Gasteiger partial charge >= 0.3 is 5.97 Å². The predicted molar refractivity (Wildman–Crippen MR) is 146 cm³/mol. The van der Waals surface area contributed by atoms with Crippen molar-refractivity contribution in [1.29, 1.82) is 0 Å². The van der Waals surface area contributed by atoms with Gasteiger partial charge in [-0.25, -0.2) is 9.48 Å². The summed E-state index contributed by atoms with van der Waals surface area (Å²) in [6.45, 7) is 8.19. The lowest BCUT2D eigenvalue weighted by Gasteiger charge is -2.28. The van der Waals surface area contributed by atoms with Gasteiger partial charge in [0.15, 0.2) is 0 Å². The lowest BCUT2D eigenvalue weighted by molar-refractivity contribution is -0.143. The van der Waals surface area contributed by atoms with E-state index >= 15 is 0 Å². The molecule has 0 saturated heterocycles. The second-order valence-electron chi connectivity index (χ2n) is 8.87. The third-order valence-electron chi connectivity index (χ3n) is 5.62. The zero-order valence-electron chi connectivity index (χ0n) is 21.0. The molecule has 3 aromatic rings. The molecule has 2 aromatic carbocycles. The van der Waals surface area contributed by atoms with Crippen molar-refractivity contribution in [3.63, 3.8) is 0 Å². The Bertz CT molecular complexity index is 1240. The summed E-state index contributed by atoms with van der Waals surface area (Å²) in [7, 11) is 0. The monoisotopic (exact) mass is 570 g/mol. The molecule has 1 aliphatic rings. The largest absolute Gasteiger partial charge is 0.489 e. The fourth-order valence-corrected chi connectivity index (χ4v) is 5.25. The number of carbonyl (C=O) groups excluding carboxylic acids is 1. The van der Waals surface area contributed by atoms with E-state index in [0.717, 1.165) is 39.9 Å². The van der Waals surface area contributed by atoms with Crippen LogP contribution in [0.3, 0.4) is 0 Å². The van der Waals surface area contributed by atoms with Gasteiger partial charge in [0.2, 0.25) is 11.1 Å². The maximum absolute atomic E-state index is 13.2. The summed E-state index contributed by atoms with van der Waals surface area (Å²) >= 11 is 5.12. The minimum Gasteiger partial charge on any atom is -0.489 e. The van der Waals surface area contributed by atoms with Gasteiger partial charge < -0.3 is 14.8 Å². The van der Waals surface area contributed by atoms with E-state index in [9.17, 15) is 4.79 Å². The SMILES string of the molecule is CCCCSc1nc2n(n1)C(c1ccc(OCc3cccc(Br)c3)cc1)C(C(=O)OC(C)C)=C(C)N2. The van der Waals surface area contributed by atoms with Crippen molar-refractivity contribution in [1.82, 2.24) is 14.8 Å². The molecule has 9 heteroatoms. The Morgan fingerprint density at radius 1 is 1.22 bits per heavy atom. The van der Waals surface area contributed by atoms with E-state index in [-0.39, 0.29) is 12.1 Å². The first-order chi connectivity index (χ1) is 17.4. The predicted octanol–water partition coefficient (Wildman–Crippen LogP) is 6.75. The Hall–Kier alpha value is -2.78. The Balaban J connectivity index is 1.62. The highest BCUT2D eigenvalue weighted by atomic mass is 79.9. The number of thioether (sulfide) groups is 1. The molecule has 0 spiro atoms. The van der Waals surface area contributed by atoms with Crippen LogP contribution in [0.25, 0.3) is 0 Å². The molecule has 1 aliphatic heterocycles. The first-order valence-corrected chi connectivity index (χ1v) is 13.9. The van der Waals surface area contributed by atoms with Gasteiger partial charge in [-0.05, 0) is 62.6 Å². The van der Waals surface area contributed by atoms with Crippen LogP contribution < -0.4 is 10.1 Å². The third-order valence-corrected chi connectivity index (χ3v) is 7.03. The number of esters is 1. The van der Waals surface area contributed by atoms with E-state index in [0.29, 0.717) is 29.0 Å². The number of nitrogens with zero attached hydrogens (tertiary/aromatic N) is 3. The first-order valence-electron chi connectivity index (χ1n) is 12.1. The highest BCUT2D eigenvalue weighted by molar-refractivity contribution is 9.10. The van der Waals surface area contributed by atoms with E-state index in [1.54, 1.807) is 16.4 Å². The summed E-state index contributed by atoms with van der Waals surface area (Å²) in [6, 6.07) is 15.4. The molecular formula is C27H31BrN4O3S. The Labute approximate surface area is 224 Å². The topological polar surface area (TPSA) is 78.3 Å². The van der Waals surface area contributed by atoms with Crippen LogP contribution in [0.4, 0.5) is 5.95 Å². The van der Waals surface area contributed by atoms with Crippen LogP contribution in [0.15, 0.2) is 69.4 Å². The van der Waals surface area contributed by atoms with Gasteiger partial charge in [-0.15, -0.1) is 5.10 Å². The maximum Gasteiger partial charge on any atom is 0.338 e. The van der Waals surface area contributed by atoms with E-state index < -0.39 is 6.04 Å². The summed E-state index contributed by atoms with van der Waals surface area (Å²) in [5.41, 5.74) is 3.21. The number of aromatic nitrogens is 3. The van der Waals surface area contributed by atoms with Crippen LogP contribution in [0.5, 0.6) is 5.75 Å². The van der Waals surface area contributed by atoms with Crippen molar-refractivity contribution in [2.45, 2.75) is 64.4 Å². The van der Waals surface area contributed by atoms with Crippen LogP contribution in [0.1, 0.15) is 57.7 Å². The van der Waals surface area contributed by atoms with Gasteiger partial charge in [0.1, 0.15) is 18.4 Å². The fraction of sp³-hybridized carbons (Fsp3) is 0.370. The molecule has 4 rings (SSSR count). The number of benzene rings is 2. The molecule has 0 amide bonds. The average molecular weight is 572 g/mol. The number of hydrogen-bond acceptors (Lipinski definition) is 7. The van der Waals surface area contributed by atoms with E-state index in [1.165, 1.54) is 0 Å². The second-order valence-corrected chi connectivity index (χ2v) is 10.9. The zero-order chi connectivity index (χ0) is 25.7. The quantitative estimate of drug-likeness (QED) is 0.164. The first kappa shape index (κ1) is 26.3. The standard InChI is InChI=1S/C27H31BrN4O3S/c1-5-6-14-36-27-30-26-29-18(4)23(25(33)35-17(2)3)24(32(26)31-27)20-10-12-22(13-11-20)34-16-19-8-7-9-21(28)15-19/h7-13,15,17,24H,5-6,14,16H2,1-4H3,(H,29,30,31). The van der Waals surface area contributed by atoms with Crippen LogP contribution >= 0.6 is 27.7 Å².